The number of unbranched alkanes of at least 4 members (excludes halogenated alkanes) is 1. The quantitative estimate of drug-likeness (QED) is 0.651. The molecule has 2 unspecified atom stereocenters. The molecule has 0 fully saturated rings. The van der Waals surface area contributed by atoms with Gasteiger partial charge < -0.3 is 5.32 Å². The van der Waals surface area contributed by atoms with E-state index in [2.05, 4.69) is 57.4 Å². The molecule has 0 aliphatic rings. The molecule has 1 aromatic carbocycles. The van der Waals surface area contributed by atoms with Crippen LogP contribution in [0, 0.1) is 5.92 Å². The van der Waals surface area contributed by atoms with Crippen LogP contribution in [-0.2, 0) is 6.42 Å². The smallest absolute Gasteiger partial charge is 0.0322 e. The van der Waals surface area contributed by atoms with Crippen molar-refractivity contribution < 1.29 is 0 Å². The minimum Gasteiger partial charge on any atom is -0.313 e. The van der Waals surface area contributed by atoms with E-state index in [0.29, 0.717) is 6.04 Å². The molecule has 0 heterocycles. The van der Waals surface area contributed by atoms with Crippen LogP contribution in [0.15, 0.2) is 24.3 Å². The van der Waals surface area contributed by atoms with Crippen LogP contribution >= 0.6 is 0 Å². The second-order valence-electron chi connectivity index (χ2n) is 5.55. The molecule has 1 heteroatoms. The van der Waals surface area contributed by atoms with Gasteiger partial charge in [-0.1, -0.05) is 70.7 Å². The Kier molecular flexibility index (Phi) is 7.81. The van der Waals surface area contributed by atoms with Crippen molar-refractivity contribution in [2.24, 2.45) is 5.92 Å². The Morgan fingerprint density at radius 2 is 1.84 bits per heavy atom. The largest absolute Gasteiger partial charge is 0.313 e. The maximum Gasteiger partial charge on any atom is 0.0322 e. The number of aryl methyl sites for hydroxylation is 1. The third-order valence-electron chi connectivity index (χ3n) is 4.27. The van der Waals surface area contributed by atoms with Gasteiger partial charge in [-0.2, -0.15) is 0 Å². The van der Waals surface area contributed by atoms with Gasteiger partial charge in [0.2, 0.25) is 0 Å². The summed E-state index contributed by atoms with van der Waals surface area (Å²) in [6.45, 7) is 6.87. The summed E-state index contributed by atoms with van der Waals surface area (Å²) in [4.78, 5) is 0. The summed E-state index contributed by atoms with van der Waals surface area (Å²) in [5.74, 6) is 0.849. The number of hydrogen-bond acceptors (Lipinski definition) is 1. The van der Waals surface area contributed by atoms with Gasteiger partial charge in [-0.15, -0.1) is 0 Å². The minimum absolute atomic E-state index is 0.512. The molecule has 0 aliphatic carbocycles. The van der Waals surface area contributed by atoms with E-state index in [1.165, 1.54) is 43.2 Å². The van der Waals surface area contributed by atoms with Crippen molar-refractivity contribution in [2.45, 2.75) is 65.3 Å². The number of nitrogens with one attached hydrogen (secondary N) is 1. The van der Waals surface area contributed by atoms with Gasteiger partial charge in [0, 0.05) is 6.04 Å². The van der Waals surface area contributed by atoms with E-state index in [-0.39, 0.29) is 0 Å². The zero-order chi connectivity index (χ0) is 14.1. The van der Waals surface area contributed by atoms with E-state index in [1.54, 1.807) is 0 Å². The lowest BCUT2D eigenvalue weighted by atomic mass is 9.87. The van der Waals surface area contributed by atoms with E-state index >= 15 is 0 Å². The molecular formula is C18H31N. The fraction of sp³-hybridized carbons (Fsp3) is 0.667. The van der Waals surface area contributed by atoms with E-state index < -0.39 is 0 Å². The summed E-state index contributed by atoms with van der Waals surface area (Å²) in [5, 5.41) is 3.53. The molecule has 19 heavy (non-hydrogen) atoms. The van der Waals surface area contributed by atoms with Gasteiger partial charge in [-0.25, -0.2) is 0 Å². The normalized spacial score (nSPS) is 14.3. The second kappa shape index (κ2) is 9.14. The van der Waals surface area contributed by atoms with Crippen LogP contribution in [0.4, 0.5) is 0 Å². The van der Waals surface area contributed by atoms with E-state index in [4.69, 9.17) is 0 Å². The van der Waals surface area contributed by atoms with Gasteiger partial charge in [-0.3, -0.25) is 0 Å². The maximum atomic E-state index is 3.53. The summed E-state index contributed by atoms with van der Waals surface area (Å²) < 4.78 is 0. The third kappa shape index (κ3) is 4.99. The molecule has 0 amide bonds. The monoisotopic (exact) mass is 261 g/mol. The summed E-state index contributed by atoms with van der Waals surface area (Å²) in [7, 11) is 2.10. The lowest BCUT2D eigenvalue weighted by Gasteiger charge is -2.24. The third-order valence-corrected chi connectivity index (χ3v) is 4.27. The first-order valence-electron chi connectivity index (χ1n) is 8.01. The number of hydrogen-bond donors (Lipinski definition) is 1. The first kappa shape index (κ1) is 16.2. The van der Waals surface area contributed by atoms with Gasteiger partial charge in [0.15, 0.2) is 0 Å². The van der Waals surface area contributed by atoms with E-state index in [9.17, 15) is 0 Å². The molecule has 0 spiro atoms. The van der Waals surface area contributed by atoms with Crippen molar-refractivity contribution in [2.75, 3.05) is 7.05 Å². The first-order valence-corrected chi connectivity index (χ1v) is 8.01. The zero-order valence-corrected chi connectivity index (χ0v) is 13.2. The van der Waals surface area contributed by atoms with Crippen LogP contribution < -0.4 is 5.32 Å². The SMILES string of the molecule is CCCCC(CC)CC(NC)c1ccccc1CC. The summed E-state index contributed by atoms with van der Waals surface area (Å²) in [6.07, 6.45) is 7.74. The Morgan fingerprint density at radius 3 is 2.42 bits per heavy atom. The second-order valence-corrected chi connectivity index (χ2v) is 5.55. The van der Waals surface area contributed by atoms with Gasteiger partial charge in [0.25, 0.3) is 0 Å². The van der Waals surface area contributed by atoms with E-state index in [1.807, 2.05) is 0 Å². The topological polar surface area (TPSA) is 12.0 Å². The Morgan fingerprint density at radius 1 is 1.11 bits per heavy atom. The maximum absolute atomic E-state index is 3.53. The predicted molar refractivity (Wildman–Crippen MR) is 85.5 cm³/mol. The molecule has 2 atom stereocenters. The van der Waals surface area contributed by atoms with Crippen molar-refractivity contribution in [1.29, 1.82) is 0 Å². The molecule has 1 rings (SSSR count). The Balaban J connectivity index is 2.75. The Bertz CT molecular complexity index is 345. The molecule has 108 valence electrons. The molecule has 0 radical (unpaired) electrons. The first-order chi connectivity index (χ1) is 9.26. The van der Waals surface area contributed by atoms with Gasteiger partial charge >= 0.3 is 0 Å². The van der Waals surface area contributed by atoms with E-state index in [0.717, 1.165) is 12.3 Å². The number of rotatable bonds is 9. The highest BCUT2D eigenvalue weighted by atomic mass is 14.9. The molecule has 0 saturated carbocycles. The van der Waals surface area contributed by atoms with Crippen molar-refractivity contribution in [3.63, 3.8) is 0 Å². The van der Waals surface area contributed by atoms with Crippen LogP contribution in [0.5, 0.6) is 0 Å². The van der Waals surface area contributed by atoms with Crippen molar-refractivity contribution in [3.05, 3.63) is 35.4 Å². The standard InChI is InChI=1S/C18H31N/c1-5-8-11-15(6-2)14-18(19-4)17-13-10-9-12-16(17)7-3/h9-10,12-13,15,18-19H,5-8,11,14H2,1-4H3. The zero-order valence-electron chi connectivity index (χ0n) is 13.2. The highest BCUT2D eigenvalue weighted by Gasteiger charge is 2.17. The lowest BCUT2D eigenvalue weighted by Crippen LogP contribution is -2.21. The fourth-order valence-corrected chi connectivity index (χ4v) is 2.91. The van der Waals surface area contributed by atoms with Crippen LogP contribution in [0.25, 0.3) is 0 Å². The minimum atomic E-state index is 0.512. The summed E-state index contributed by atoms with van der Waals surface area (Å²) >= 11 is 0. The molecule has 1 aromatic rings. The lowest BCUT2D eigenvalue weighted by molar-refractivity contribution is 0.364. The van der Waals surface area contributed by atoms with Crippen LogP contribution in [-0.4, -0.2) is 7.05 Å². The highest BCUT2D eigenvalue weighted by molar-refractivity contribution is 5.30. The molecule has 0 aromatic heterocycles. The summed E-state index contributed by atoms with van der Waals surface area (Å²) in [6, 6.07) is 9.41. The van der Waals surface area contributed by atoms with Gasteiger partial charge in [-0.05, 0) is 36.9 Å². The Labute approximate surface area is 119 Å². The molecular weight excluding hydrogens is 230 g/mol. The van der Waals surface area contributed by atoms with Crippen molar-refractivity contribution in [1.82, 2.24) is 5.32 Å². The molecule has 0 aliphatic heterocycles. The average molecular weight is 261 g/mol. The van der Waals surface area contributed by atoms with Gasteiger partial charge in [0.1, 0.15) is 0 Å². The molecule has 0 saturated heterocycles. The molecule has 0 bridgehead atoms. The molecule has 1 N–H and O–H groups in total. The van der Waals surface area contributed by atoms with Crippen LogP contribution in [0.3, 0.4) is 0 Å². The summed E-state index contributed by atoms with van der Waals surface area (Å²) in [5.41, 5.74) is 3.00. The average Bonchev–Trinajstić information content (AvgIpc) is 2.47. The Hall–Kier alpha value is -0.820. The number of benzene rings is 1. The fourth-order valence-electron chi connectivity index (χ4n) is 2.91. The van der Waals surface area contributed by atoms with Gasteiger partial charge in [0.05, 0.1) is 0 Å². The van der Waals surface area contributed by atoms with Crippen LogP contribution in [0.2, 0.25) is 0 Å². The molecule has 1 nitrogen and oxygen atoms in total. The predicted octanol–water partition coefficient (Wildman–Crippen LogP) is 5.12. The van der Waals surface area contributed by atoms with Crippen LogP contribution in [0.1, 0.15) is 70.0 Å². The van der Waals surface area contributed by atoms with Crippen molar-refractivity contribution >= 4 is 0 Å². The van der Waals surface area contributed by atoms with Crippen molar-refractivity contribution in [3.8, 4) is 0 Å². The highest BCUT2D eigenvalue weighted by Crippen LogP contribution is 2.28.